The summed E-state index contributed by atoms with van der Waals surface area (Å²) >= 11 is 0. The fourth-order valence-corrected chi connectivity index (χ4v) is 3.73. The predicted molar refractivity (Wildman–Crippen MR) is 118 cm³/mol. The molecule has 1 rings (SSSR count). The lowest BCUT2D eigenvalue weighted by Gasteiger charge is -2.02. The van der Waals surface area contributed by atoms with Crippen molar-refractivity contribution in [3.8, 4) is 0 Å². The van der Waals surface area contributed by atoms with Crippen molar-refractivity contribution in [2.24, 2.45) is 0 Å². The van der Waals surface area contributed by atoms with Gasteiger partial charge in [-0.05, 0) is 19.3 Å². The SMILES string of the molecule is CCCCCCCCCCCCCCCC[n+]1cc(COC(C)=O)n(CCC)n1.[I-]. The molecular weight excluding hydrogens is 489 g/mol. The number of hydrogen-bond acceptors (Lipinski definition) is 3. The molecule has 0 amide bonds. The van der Waals surface area contributed by atoms with Crippen molar-refractivity contribution in [2.45, 2.75) is 137 Å². The summed E-state index contributed by atoms with van der Waals surface area (Å²) in [6.45, 7) is 7.99. The number of carbonyl (C=O) groups excluding carboxylic acids is 1. The Morgan fingerprint density at radius 2 is 1.37 bits per heavy atom. The van der Waals surface area contributed by atoms with Crippen LogP contribution in [0.3, 0.4) is 0 Å². The van der Waals surface area contributed by atoms with Gasteiger partial charge in [0.15, 0.2) is 12.8 Å². The normalized spacial score (nSPS) is 10.8. The van der Waals surface area contributed by atoms with Crippen molar-refractivity contribution in [3.63, 3.8) is 0 Å². The molecule has 0 saturated heterocycles. The summed E-state index contributed by atoms with van der Waals surface area (Å²) in [5.74, 6) is -0.243. The summed E-state index contributed by atoms with van der Waals surface area (Å²) in [5, 5.41) is 4.62. The van der Waals surface area contributed by atoms with Gasteiger partial charge >= 0.3 is 5.97 Å². The monoisotopic (exact) mass is 535 g/mol. The van der Waals surface area contributed by atoms with Crippen LogP contribution in [0.15, 0.2) is 6.20 Å². The molecule has 0 atom stereocenters. The highest BCUT2D eigenvalue weighted by atomic mass is 127. The van der Waals surface area contributed by atoms with E-state index in [0.717, 1.165) is 25.2 Å². The smallest absolute Gasteiger partial charge is 0.303 e. The highest BCUT2D eigenvalue weighted by molar-refractivity contribution is 5.65. The van der Waals surface area contributed by atoms with Crippen LogP contribution in [0.5, 0.6) is 0 Å². The first kappa shape index (κ1) is 29.3. The number of esters is 1. The van der Waals surface area contributed by atoms with Crippen molar-refractivity contribution in [2.75, 3.05) is 0 Å². The molecule has 6 heteroatoms. The molecule has 0 fully saturated rings. The Morgan fingerprint density at radius 1 is 0.867 bits per heavy atom. The van der Waals surface area contributed by atoms with Gasteiger partial charge in [-0.1, -0.05) is 90.9 Å². The Hall–Kier alpha value is -0.660. The summed E-state index contributed by atoms with van der Waals surface area (Å²) < 4.78 is 9.12. The second-order valence-corrected chi connectivity index (χ2v) is 8.37. The second kappa shape index (κ2) is 20.3. The third-order valence-corrected chi connectivity index (χ3v) is 5.45. The Labute approximate surface area is 202 Å². The van der Waals surface area contributed by atoms with Crippen molar-refractivity contribution in [1.29, 1.82) is 0 Å². The molecule has 0 bridgehead atoms. The van der Waals surface area contributed by atoms with Crippen LogP contribution in [0.4, 0.5) is 0 Å². The van der Waals surface area contributed by atoms with Gasteiger partial charge < -0.3 is 28.7 Å². The van der Waals surface area contributed by atoms with E-state index < -0.39 is 0 Å². The van der Waals surface area contributed by atoms with E-state index in [1.807, 2.05) is 15.6 Å². The van der Waals surface area contributed by atoms with Gasteiger partial charge in [0.25, 0.3) is 0 Å². The van der Waals surface area contributed by atoms with E-state index in [0.29, 0.717) is 6.61 Å². The Morgan fingerprint density at radius 3 is 1.83 bits per heavy atom. The fraction of sp³-hybridized carbons (Fsp3) is 0.875. The van der Waals surface area contributed by atoms with E-state index in [-0.39, 0.29) is 29.9 Å². The van der Waals surface area contributed by atoms with E-state index in [2.05, 4.69) is 19.1 Å². The number of unbranched alkanes of at least 4 members (excludes halogenated alkanes) is 13. The molecule has 176 valence electrons. The van der Waals surface area contributed by atoms with Gasteiger partial charge in [0.1, 0.15) is 13.1 Å². The highest BCUT2D eigenvalue weighted by Crippen LogP contribution is 2.13. The average molecular weight is 536 g/mol. The predicted octanol–water partition coefficient (Wildman–Crippen LogP) is 3.13. The first-order valence-corrected chi connectivity index (χ1v) is 12.3. The summed E-state index contributed by atoms with van der Waals surface area (Å²) in [6.07, 6.45) is 22.3. The Kier molecular flexibility index (Phi) is 19.8. The van der Waals surface area contributed by atoms with E-state index in [1.165, 1.54) is 96.8 Å². The van der Waals surface area contributed by atoms with Gasteiger partial charge in [0.2, 0.25) is 5.69 Å². The van der Waals surface area contributed by atoms with Crippen LogP contribution in [0.1, 0.15) is 123 Å². The molecule has 0 saturated carbocycles. The molecule has 0 unspecified atom stereocenters. The average Bonchev–Trinajstić information content (AvgIpc) is 3.08. The van der Waals surface area contributed by atoms with Crippen molar-refractivity contribution in [1.82, 2.24) is 9.90 Å². The zero-order valence-electron chi connectivity index (χ0n) is 19.8. The van der Waals surface area contributed by atoms with Crippen LogP contribution in [0.2, 0.25) is 0 Å². The van der Waals surface area contributed by atoms with Gasteiger partial charge in [-0.15, -0.1) is 9.36 Å². The minimum atomic E-state index is -0.243. The summed E-state index contributed by atoms with van der Waals surface area (Å²) in [7, 11) is 0. The Bertz CT molecular complexity index is 535. The maximum absolute atomic E-state index is 11.1. The molecule has 0 spiro atoms. The van der Waals surface area contributed by atoms with Crippen LogP contribution in [-0.4, -0.2) is 15.9 Å². The van der Waals surface area contributed by atoms with Crippen molar-refractivity contribution in [3.05, 3.63) is 11.9 Å². The lowest BCUT2D eigenvalue weighted by Crippen LogP contribution is -3.00. The molecule has 1 heterocycles. The van der Waals surface area contributed by atoms with E-state index >= 15 is 0 Å². The van der Waals surface area contributed by atoms with Crippen molar-refractivity contribution >= 4 is 5.97 Å². The molecule has 1 aromatic rings. The van der Waals surface area contributed by atoms with Gasteiger partial charge in [-0.2, -0.15) is 0 Å². The second-order valence-electron chi connectivity index (χ2n) is 8.37. The quantitative estimate of drug-likeness (QED) is 0.118. The number of hydrogen-bond donors (Lipinski definition) is 0. The van der Waals surface area contributed by atoms with Crippen LogP contribution >= 0.6 is 0 Å². The summed E-state index contributed by atoms with van der Waals surface area (Å²) in [5.41, 5.74) is 0.979. The summed E-state index contributed by atoms with van der Waals surface area (Å²) in [4.78, 5) is 11.1. The lowest BCUT2D eigenvalue weighted by atomic mass is 10.0. The molecule has 0 N–H and O–H groups in total. The first-order chi connectivity index (χ1) is 14.2. The van der Waals surface area contributed by atoms with Gasteiger partial charge in [0.05, 0.1) is 5.21 Å². The topological polar surface area (TPSA) is 48.0 Å². The minimum Gasteiger partial charge on any atom is -1.00 e. The number of carbonyl (C=O) groups is 1. The van der Waals surface area contributed by atoms with Crippen LogP contribution < -0.4 is 28.7 Å². The Balaban J connectivity index is 0.00000841. The maximum atomic E-state index is 11.1. The maximum Gasteiger partial charge on any atom is 0.303 e. The highest BCUT2D eigenvalue weighted by Gasteiger charge is 2.16. The van der Waals surface area contributed by atoms with Gasteiger partial charge in [-0.3, -0.25) is 4.79 Å². The third-order valence-electron chi connectivity index (χ3n) is 5.45. The van der Waals surface area contributed by atoms with Gasteiger partial charge in [0, 0.05) is 6.92 Å². The third kappa shape index (κ3) is 15.2. The fourth-order valence-electron chi connectivity index (χ4n) is 3.73. The molecule has 0 aliphatic rings. The molecule has 0 aromatic carbocycles. The van der Waals surface area contributed by atoms with Crippen LogP contribution in [-0.2, 0) is 29.2 Å². The largest absolute Gasteiger partial charge is 1.00 e. The number of aryl methyl sites for hydroxylation is 2. The van der Waals surface area contributed by atoms with E-state index in [4.69, 9.17) is 4.74 Å². The number of ether oxygens (including phenoxy) is 1. The molecule has 0 aliphatic carbocycles. The molecule has 0 aliphatic heterocycles. The molecule has 0 radical (unpaired) electrons. The standard InChI is InChI=1S/C24H46N3O2.HI/c1-4-6-7-8-9-10-11-12-13-14-15-16-17-18-20-26-21-24(22-29-23(3)28)27(25-26)19-5-2;/h21H,4-20,22H2,1-3H3;1H/q+1;/p-1. The van der Waals surface area contributed by atoms with E-state index in [1.54, 1.807) is 0 Å². The molecular formula is C24H46IN3O2. The zero-order chi connectivity index (χ0) is 21.2. The number of aromatic nitrogens is 3. The molecule has 30 heavy (non-hydrogen) atoms. The van der Waals surface area contributed by atoms with Crippen LogP contribution in [0, 0.1) is 0 Å². The zero-order valence-corrected chi connectivity index (χ0v) is 22.0. The van der Waals surface area contributed by atoms with Crippen molar-refractivity contribution < 1.29 is 38.2 Å². The summed E-state index contributed by atoms with van der Waals surface area (Å²) in [6, 6.07) is 0. The number of rotatable bonds is 19. The number of halogens is 1. The molecule has 5 nitrogen and oxygen atoms in total. The molecule has 1 aromatic heterocycles. The van der Waals surface area contributed by atoms with E-state index in [9.17, 15) is 4.79 Å². The lowest BCUT2D eigenvalue weighted by molar-refractivity contribution is -0.755. The van der Waals surface area contributed by atoms with Crippen LogP contribution in [0.25, 0.3) is 0 Å². The number of nitrogens with zero attached hydrogens (tertiary/aromatic N) is 3. The van der Waals surface area contributed by atoms with Gasteiger partial charge in [-0.25, -0.2) is 0 Å². The first-order valence-electron chi connectivity index (χ1n) is 12.3. The minimum absolute atomic E-state index is 0.